The SMILES string of the molecule is CC(O)OCCN1CCOCC1. The number of hydrogen-bond donors (Lipinski definition) is 1. The quantitative estimate of drug-likeness (QED) is 0.594. The first-order valence-electron chi connectivity index (χ1n) is 4.39. The Morgan fingerprint density at radius 1 is 1.50 bits per heavy atom. The van der Waals surface area contributed by atoms with Gasteiger partial charge in [-0.15, -0.1) is 0 Å². The maximum atomic E-state index is 8.82. The molecule has 0 saturated carbocycles. The molecule has 0 bridgehead atoms. The Balaban J connectivity index is 1.98. The van der Waals surface area contributed by atoms with E-state index in [2.05, 4.69) is 4.90 Å². The molecule has 4 nitrogen and oxygen atoms in total. The number of morpholine rings is 1. The fraction of sp³-hybridized carbons (Fsp3) is 1.00. The van der Waals surface area contributed by atoms with E-state index in [0.29, 0.717) is 6.61 Å². The zero-order valence-corrected chi connectivity index (χ0v) is 7.53. The lowest BCUT2D eigenvalue weighted by Gasteiger charge is -2.26. The minimum Gasteiger partial charge on any atom is -0.379 e. The minimum absolute atomic E-state index is 0.595. The Hall–Kier alpha value is -0.160. The van der Waals surface area contributed by atoms with Gasteiger partial charge in [0.05, 0.1) is 19.8 Å². The Morgan fingerprint density at radius 2 is 2.17 bits per heavy atom. The van der Waals surface area contributed by atoms with Crippen molar-refractivity contribution in [2.45, 2.75) is 13.2 Å². The zero-order chi connectivity index (χ0) is 8.81. The van der Waals surface area contributed by atoms with Crippen LogP contribution in [0.15, 0.2) is 0 Å². The normalized spacial score (nSPS) is 22.5. The predicted octanol–water partition coefficient (Wildman–Crippen LogP) is -0.327. The van der Waals surface area contributed by atoms with Gasteiger partial charge in [0, 0.05) is 19.6 Å². The molecule has 0 aromatic rings. The second kappa shape index (κ2) is 5.48. The molecule has 72 valence electrons. The van der Waals surface area contributed by atoms with Crippen LogP contribution >= 0.6 is 0 Å². The van der Waals surface area contributed by atoms with Crippen molar-refractivity contribution in [1.29, 1.82) is 0 Å². The van der Waals surface area contributed by atoms with Crippen LogP contribution < -0.4 is 0 Å². The van der Waals surface area contributed by atoms with Crippen LogP contribution in [-0.2, 0) is 9.47 Å². The highest BCUT2D eigenvalue weighted by molar-refractivity contribution is 4.60. The van der Waals surface area contributed by atoms with Gasteiger partial charge < -0.3 is 14.6 Å². The summed E-state index contributed by atoms with van der Waals surface area (Å²) in [5.41, 5.74) is 0. The smallest absolute Gasteiger partial charge is 0.151 e. The molecule has 0 amide bonds. The van der Waals surface area contributed by atoms with Gasteiger partial charge in [-0.05, 0) is 6.92 Å². The summed E-state index contributed by atoms with van der Waals surface area (Å²) in [6.45, 7) is 6.68. The van der Waals surface area contributed by atoms with E-state index in [9.17, 15) is 0 Å². The highest BCUT2D eigenvalue weighted by Gasteiger charge is 2.09. The molecule has 1 heterocycles. The number of aliphatic hydroxyl groups excluding tert-OH is 1. The van der Waals surface area contributed by atoms with Crippen LogP contribution in [-0.4, -0.2) is 55.8 Å². The summed E-state index contributed by atoms with van der Waals surface area (Å²) in [5, 5.41) is 8.82. The van der Waals surface area contributed by atoms with Crippen molar-refractivity contribution in [3.63, 3.8) is 0 Å². The fourth-order valence-electron chi connectivity index (χ4n) is 1.18. The number of rotatable bonds is 4. The van der Waals surface area contributed by atoms with Gasteiger partial charge in [0.25, 0.3) is 0 Å². The lowest BCUT2D eigenvalue weighted by atomic mass is 10.4. The van der Waals surface area contributed by atoms with E-state index in [4.69, 9.17) is 14.6 Å². The number of ether oxygens (including phenoxy) is 2. The second-order valence-electron chi connectivity index (χ2n) is 2.92. The summed E-state index contributed by atoms with van der Waals surface area (Å²) in [5.74, 6) is 0. The summed E-state index contributed by atoms with van der Waals surface area (Å²) < 4.78 is 10.2. The van der Waals surface area contributed by atoms with E-state index in [1.54, 1.807) is 6.92 Å². The maximum absolute atomic E-state index is 8.82. The Kier molecular flexibility index (Phi) is 4.53. The minimum atomic E-state index is -0.647. The van der Waals surface area contributed by atoms with Gasteiger partial charge in [0.1, 0.15) is 0 Å². The van der Waals surface area contributed by atoms with Crippen molar-refractivity contribution < 1.29 is 14.6 Å². The van der Waals surface area contributed by atoms with E-state index in [0.717, 1.165) is 32.8 Å². The second-order valence-corrected chi connectivity index (χ2v) is 2.92. The van der Waals surface area contributed by atoms with Crippen LogP contribution in [0.5, 0.6) is 0 Å². The van der Waals surface area contributed by atoms with Crippen LogP contribution in [0.2, 0.25) is 0 Å². The van der Waals surface area contributed by atoms with Gasteiger partial charge in [-0.1, -0.05) is 0 Å². The van der Waals surface area contributed by atoms with E-state index >= 15 is 0 Å². The number of nitrogens with zero attached hydrogens (tertiary/aromatic N) is 1. The van der Waals surface area contributed by atoms with Crippen LogP contribution in [0.4, 0.5) is 0 Å². The molecule has 1 fully saturated rings. The molecule has 1 atom stereocenters. The molecule has 1 aliphatic rings. The van der Waals surface area contributed by atoms with Crippen molar-refractivity contribution >= 4 is 0 Å². The topological polar surface area (TPSA) is 41.9 Å². The lowest BCUT2D eigenvalue weighted by molar-refractivity contribution is -0.0929. The van der Waals surface area contributed by atoms with Crippen molar-refractivity contribution in [2.75, 3.05) is 39.5 Å². The van der Waals surface area contributed by atoms with E-state index in [-0.39, 0.29) is 0 Å². The Labute approximate surface area is 73.1 Å². The highest BCUT2D eigenvalue weighted by Crippen LogP contribution is 1.96. The van der Waals surface area contributed by atoms with Gasteiger partial charge >= 0.3 is 0 Å². The first-order chi connectivity index (χ1) is 5.79. The van der Waals surface area contributed by atoms with Crippen LogP contribution in [0.1, 0.15) is 6.92 Å². The summed E-state index contributed by atoms with van der Waals surface area (Å²) in [6.07, 6.45) is -0.647. The molecule has 0 aromatic carbocycles. The molecule has 12 heavy (non-hydrogen) atoms. The van der Waals surface area contributed by atoms with Crippen molar-refractivity contribution in [1.82, 2.24) is 4.90 Å². The third-order valence-electron chi connectivity index (χ3n) is 1.87. The molecule has 0 aromatic heterocycles. The molecule has 1 rings (SSSR count). The number of hydrogen-bond acceptors (Lipinski definition) is 4. The first kappa shape index (κ1) is 9.92. The summed E-state index contributed by atoms with van der Waals surface area (Å²) in [6, 6.07) is 0. The molecule has 1 unspecified atom stereocenters. The summed E-state index contributed by atoms with van der Waals surface area (Å²) in [7, 11) is 0. The largest absolute Gasteiger partial charge is 0.379 e. The third-order valence-corrected chi connectivity index (χ3v) is 1.87. The fourth-order valence-corrected chi connectivity index (χ4v) is 1.18. The molecule has 4 heteroatoms. The van der Waals surface area contributed by atoms with Gasteiger partial charge in [0.15, 0.2) is 6.29 Å². The lowest BCUT2D eigenvalue weighted by Crippen LogP contribution is -2.38. The highest BCUT2D eigenvalue weighted by atomic mass is 16.6. The first-order valence-corrected chi connectivity index (χ1v) is 4.39. The average Bonchev–Trinajstić information content (AvgIpc) is 2.05. The predicted molar refractivity (Wildman–Crippen MR) is 44.9 cm³/mol. The van der Waals surface area contributed by atoms with Crippen molar-refractivity contribution in [3.8, 4) is 0 Å². The molecular weight excluding hydrogens is 158 g/mol. The van der Waals surface area contributed by atoms with Gasteiger partial charge in [-0.25, -0.2) is 0 Å². The molecular formula is C8H17NO3. The van der Waals surface area contributed by atoms with Crippen LogP contribution in [0.3, 0.4) is 0 Å². The number of aliphatic hydroxyl groups is 1. The monoisotopic (exact) mass is 175 g/mol. The standard InChI is InChI=1S/C8H17NO3/c1-8(10)12-7-4-9-2-5-11-6-3-9/h8,10H,2-7H2,1H3. The van der Waals surface area contributed by atoms with E-state index in [1.807, 2.05) is 0 Å². The summed E-state index contributed by atoms with van der Waals surface area (Å²) >= 11 is 0. The van der Waals surface area contributed by atoms with Gasteiger partial charge in [-0.2, -0.15) is 0 Å². The summed E-state index contributed by atoms with van der Waals surface area (Å²) in [4.78, 5) is 2.27. The third kappa shape index (κ3) is 4.01. The van der Waals surface area contributed by atoms with E-state index < -0.39 is 6.29 Å². The Morgan fingerprint density at radius 3 is 2.75 bits per heavy atom. The Bertz CT molecular complexity index is 113. The maximum Gasteiger partial charge on any atom is 0.151 e. The van der Waals surface area contributed by atoms with Gasteiger partial charge in [0.2, 0.25) is 0 Å². The molecule has 0 radical (unpaired) electrons. The molecule has 0 aliphatic carbocycles. The zero-order valence-electron chi connectivity index (χ0n) is 7.53. The van der Waals surface area contributed by atoms with Crippen LogP contribution in [0.25, 0.3) is 0 Å². The molecule has 0 spiro atoms. The van der Waals surface area contributed by atoms with Crippen LogP contribution in [0, 0.1) is 0 Å². The van der Waals surface area contributed by atoms with E-state index in [1.165, 1.54) is 0 Å². The molecule has 1 aliphatic heterocycles. The van der Waals surface area contributed by atoms with Crippen molar-refractivity contribution in [3.05, 3.63) is 0 Å². The average molecular weight is 175 g/mol. The molecule has 1 saturated heterocycles. The molecule has 1 N–H and O–H groups in total. The van der Waals surface area contributed by atoms with Crippen molar-refractivity contribution in [2.24, 2.45) is 0 Å². The van der Waals surface area contributed by atoms with Gasteiger partial charge in [-0.3, -0.25) is 4.90 Å².